The van der Waals surface area contributed by atoms with Gasteiger partial charge in [0.2, 0.25) is 0 Å². The monoisotopic (exact) mass is 445 g/mol. The molecule has 0 radical (unpaired) electrons. The van der Waals surface area contributed by atoms with Crippen LogP contribution in [-0.2, 0) is 6.42 Å². The van der Waals surface area contributed by atoms with E-state index in [1.165, 1.54) is 5.56 Å². The summed E-state index contributed by atoms with van der Waals surface area (Å²) in [5.74, 6) is -0.0788. The first-order valence-electron chi connectivity index (χ1n) is 10.3. The average Bonchev–Trinajstić information content (AvgIpc) is 3.13. The number of hydrogen-bond donors (Lipinski definition) is 1. The van der Waals surface area contributed by atoms with Gasteiger partial charge in [-0.3, -0.25) is 4.90 Å². The van der Waals surface area contributed by atoms with Crippen molar-refractivity contribution in [2.45, 2.75) is 31.3 Å². The maximum atomic E-state index is 14.3. The van der Waals surface area contributed by atoms with Gasteiger partial charge >= 0.3 is 0 Å². The molecule has 0 spiro atoms. The Morgan fingerprint density at radius 2 is 1.96 bits per heavy atom. The van der Waals surface area contributed by atoms with Crippen LogP contribution in [0.3, 0.4) is 0 Å². The van der Waals surface area contributed by atoms with E-state index in [4.69, 9.17) is 0 Å². The molecule has 28 heavy (non-hydrogen) atoms. The third kappa shape index (κ3) is 4.33. The van der Waals surface area contributed by atoms with Gasteiger partial charge in [0.1, 0.15) is 5.82 Å². The van der Waals surface area contributed by atoms with Crippen molar-refractivity contribution in [3.05, 3.63) is 69.4 Å². The smallest absolute Gasteiger partial charge is 0.140 e. The highest BCUT2D eigenvalue weighted by Gasteiger charge is 2.27. The average molecular weight is 446 g/mol. The van der Waals surface area contributed by atoms with Gasteiger partial charge in [-0.05, 0) is 71.5 Å². The second-order valence-electron chi connectivity index (χ2n) is 8.05. The van der Waals surface area contributed by atoms with E-state index < -0.39 is 0 Å². The molecule has 3 nitrogen and oxygen atoms in total. The fourth-order valence-corrected chi connectivity index (χ4v) is 4.99. The summed E-state index contributed by atoms with van der Waals surface area (Å²) in [6.07, 6.45) is 2.93. The summed E-state index contributed by atoms with van der Waals surface area (Å²) >= 11 is 3.30. The van der Waals surface area contributed by atoms with Crippen molar-refractivity contribution in [3.8, 4) is 0 Å². The van der Waals surface area contributed by atoms with Crippen LogP contribution < -0.4 is 5.32 Å². The number of nitrogens with zero attached hydrogens (tertiary/aromatic N) is 2. The van der Waals surface area contributed by atoms with Crippen molar-refractivity contribution < 1.29 is 4.39 Å². The van der Waals surface area contributed by atoms with Crippen LogP contribution in [0.25, 0.3) is 0 Å². The Kier molecular flexibility index (Phi) is 6.46. The van der Waals surface area contributed by atoms with Crippen molar-refractivity contribution in [3.63, 3.8) is 0 Å². The van der Waals surface area contributed by atoms with Crippen LogP contribution in [0, 0.1) is 5.82 Å². The molecule has 2 aromatic carbocycles. The zero-order chi connectivity index (χ0) is 19.5. The molecule has 5 heteroatoms. The van der Waals surface area contributed by atoms with Crippen molar-refractivity contribution in [1.29, 1.82) is 0 Å². The normalized spacial score (nSPS) is 23.1. The fourth-order valence-electron chi connectivity index (χ4n) is 4.62. The zero-order valence-corrected chi connectivity index (χ0v) is 18.1. The van der Waals surface area contributed by atoms with Crippen LogP contribution in [0.1, 0.15) is 41.6 Å². The minimum atomic E-state index is -0.0788. The van der Waals surface area contributed by atoms with E-state index >= 15 is 0 Å². The molecule has 2 aliphatic rings. The Balaban J connectivity index is 1.31. The van der Waals surface area contributed by atoms with E-state index in [9.17, 15) is 4.39 Å². The molecule has 150 valence electrons. The number of nitrogens with one attached hydrogen (secondary N) is 1. The Labute approximate surface area is 176 Å². The number of hydrogen-bond acceptors (Lipinski definition) is 3. The minimum Gasteiger partial charge on any atom is -0.310 e. The lowest BCUT2D eigenvalue weighted by Crippen LogP contribution is -2.47. The molecule has 1 aliphatic carbocycles. The molecule has 2 aromatic rings. The third-order valence-electron chi connectivity index (χ3n) is 6.18. The number of fused-ring (bicyclic) bond motifs is 1. The number of benzene rings is 2. The van der Waals surface area contributed by atoms with Crippen LogP contribution in [0.4, 0.5) is 4.39 Å². The minimum absolute atomic E-state index is 0.0788. The Hall–Kier alpha value is -1.27. The van der Waals surface area contributed by atoms with E-state index in [2.05, 4.69) is 74.5 Å². The number of likely N-dealkylation sites (N-methyl/N-ethyl adjacent to an activating group) is 1. The number of piperazine rings is 1. The lowest BCUT2D eigenvalue weighted by atomic mass is 10.0. The third-order valence-corrected chi connectivity index (χ3v) is 6.79. The fraction of sp³-hybridized carbons (Fsp3) is 0.478. The molecule has 2 atom stereocenters. The van der Waals surface area contributed by atoms with Crippen LogP contribution >= 0.6 is 15.9 Å². The van der Waals surface area contributed by atoms with Gasteiger partial charge in [0.15, 0.2) is 0 Å². The van der Waals surface area contributed by atoms with Gasteiger partial charge in [-0.1, -0.05) is 36.4 Å². The van der Waals surface area contributed by atoms with Crippen molar-refractivity contribution in [1.82, 2.24) is 15.1 Å². The first-order chi connectivity index (χ1) is 13.6. The standard InChI is InChI=1S/C23H29BrFN3/c1-27-14-15-28(22(16-27)17-6-3-2-4-7-17)13-5-12-26-21-11-9-19-18(21)8-10-20(24)23(19)25/h2-4,6-8,10,21-22,26H,5,9,11-16H2,1H3. The Morgan fingerprint density at radius 1 is 1.14 bits per heavy atom. The molecule has 0 aromatic heterocycles. The summed E-state index contributed by atoms with van der Waals surface area (Å²) in [5.41, 5.74) is 3.44. The lowest BCUT2D eigenvalue weighted by Gasteiger charge is -2.40. The second-order valence-corrected chi connectivity index (χ2v) is 8.91. The van der Waals surface area contributed by atoms with Gasteiger partial charge in [-0.25, -0.2) is 4.39 Å². The van der Waals surface area contributed by atoms with E-state index in [0.717, 1.165) is 63.1 Å². The molecule has 1 N–H and O–H groups in total. The van der Waals surface area contributed by atoms with Gasteiger partial charge in [0, 0.05) is 38.3 Å². The van der Waals surface area contributed by atoms with Gasteiger partial charge in [0.25, 0.3) is 0 Å². The molecular weight excluding hydrogens is 417 g/mol. The molecule has 1 heterocycles. The highest BCUT2D eigenvalue weighted by atomic mass is 79.9. The summed E-state index contributed by atoms with van der Waals surface area (Å²) in [6.45, 7) is 5.38. The van der Waals surface area contributed by atoms with Crippen molar-refractivity contribution >= 4 is 15.9 Å². The maximum Gasteiger partial charge on any atom is 0.140 e. The molecule has 0 saturated carbocycles. The van der Waals surface area contributed by atoms with E-state index in [1.54, 1.807) is 0 Å². The summed E-state index contributed by atoms with van der Waals surface area (Å²) in [6, 6.07) is 15.5. The predicted molar refractivity (Wildman–Crippen MR) is 116 cm³/mol. The maximum absolute atomic E-state index is 14.3. The Bertz CT molecular complexity index is 798. The molecule has 1 saturated heterocycles. The summed E-state index contributed by atoms with van der Waals surface area (Å²) in [5, 5.41) is 3.67. The molecular formula is C23H29BrFN3. The van der Waals surface area contributed by atoms with Gasteiger partial charge < -0.3 is 10.2 Å². The summed E-state index contributed by atoms with van der Waals surface area (Å²) < 4.78 is 14.8. The molecule has 1 fully saturated rings. The SMILES string of the molecule is CN1CCN(CCCNC2CCc3c2ccc(Br)c3F)C(c2ccccc2)C1. The van der Waals surface area contributed by atoms with E-state index in [-0.39, 0.29) is 11.9 Å². The van der Waals surface area contributed by atoms with Crippen LogP contribution in [0.15, 0.2) is 46.9 Å². The van der Waals surface area contributed by atoms with Crippen LogP contribution in [0.5, 0.6) is 0 Å². The lowest BCUT2D eigenvalue weighted by molar-refractivity contribution is 0.0886. The number of rotatable bonds is 6. The van der Waals surface area contributed by atoms with E-state index in [0.29, 0.717) is 10.5 Å². The zero-order valence-electron chi connectivity index (χ0n) is 16.5. The van der Waals surface area contributed by atoms with Crippen LogP contribution in [-0.4, -0.2) is 49.6 Å². The quantitative estimate of drug-likeness (QED) is 0.658. The van der Waals surface area contributed by atoms with Gasteiger partial charge in [0.05, 0.1) is 4.47 Å². The molecule has 4 rings (SSSR count). The van der Waals surface area contributed by atoms with Crippen LogP contribution in [0.2, 0.25) is 0 Å². The van der Waals surface area contributed by atoms with Gasteiger partial charge in [-0.2, -0.15) is 0 Å². The van der Waals surface area contributed by atoms with E-state index in [1.807, 2.05) is 6.07 Å². The highest BCUT2D eigenvalue weighted by molar-refractivity contribution is 9.10. The largest absolute Gasteiger partial charge is 0.310 e. The highest BCUT2D eigenvalue weighted by Crippen LogP contribution is 2.35. The number of halogens is 2. The summed E-state index contributed by atoms with van der Waals surface area (Å²) in [7, 11) is 2.21. The Morgan fingerprint density at radius 3 is 2.79 bits per heavy atom. The van der Waals surface area contributed by atoms with Gasteiger partial charge in [-0.15, -0.1) is 0 Å². The topological polar surface area (TPSA) is 18.5 Å². The molecule has 0 amide bonds. The second kappa shape index (κ2) is 9.04. The molecule has 2 unspecified atom stereocenters. The first-order valence-corrected chi connectivity index (χ1v) is 11.1. The predicted octanol–water partition coefficient (Wildman–Crippen LogP) is 4.54. The van der Waals surface area contributed by atoms with Crippen molar-refractivity contribution in [2.24, 2.45) is 0 Å². The first kappa shape index (κ1) is 20.0. The molecule has 0 bridgehead atoms. The van der Waals surface area contributed by atoms with Crippen molar-refractivity contribution in [2.75, 3.05) is 39.8 Å². The summed E-state index contributed by atoms with van der Waals surface area (Å²) in [4.78, 5) is 5.05. The molecule has 1 aliphatic heterocycles.